The minimum atomic E-state index is 0.373. The second kappa shape index (κ2) is 4.84. The van der Waals surface area contributed by atoms with Crippen LogP contribution in [0.25, 0.3) is 0 Å². The van der Waals surface area contributed by atoms with E-state index in [-0.39, 0.29) is 0 Å². The molecule has 2 N–H and O–H groups in total. The van der Waals surface area contributed by atoms with E-state index in [9.17, 15) is 0 Å². The molecule has 1 atom stereocenters. The molecule has 1 unspecified atom stereocenters. The monoisotopic (exact) mass is 213 g/mol. The third-order valence-corrected chi connectivity index (χ3v) is 1.46. The summed E-state index contributed by atoms with van der Waals surface area (Å²) in [7, 11) is 0. The Kier molecular flexibility index (Phi) is 5.32. The van der Waals surface area contributed by atoms with Gasteiger partial charge in [-0.15, -0.1) is 0 Å². The van der Waals surface area contributed by atoms with Crippen LogP contribution in [-0.4, -0.2) is 4.05 Å². The SMILES string of the molecule is CCCCC(N)I. The fourth-order valence-electron chi connectivity index (χ4n) is 0.399. The molecule has 0 aliphatic rings. The van der Waals surface area contributed by atoms with Gasteiger partial charge < -0.3 is 5.73 Å². The van der Waals surface area contributed by atoms with Gasteiger partial charge in [-0.3, -0.25) is 0 Å². The normalized spacial score (nSPS) is 14.1. The molecule has 0 heterocycles. The highest BCUT2D eigenvalue weighted by Gasteiger charge is 1.90. The average Bonchev–Trinajstić information content (AvgIpc) is 1.61. The number of rotatable bonds is 3. The molecule has 0 aromatic carbocycles. The molecule has 0 aromatic rings. The maximum absolute atomic E-state index is 5.47. The Morgan fingerprint density at radius 1 is 1.71 bits per heavy atom. The van der Waals surface area contributed by atoms with Crippen molar-refractivity contribution in [2.45, 2.75) is 30.2 Å². The molecule has 0 radical (unpaired) electrons. The molecule has 7 heavy (non-hydrogen) atoms. The molecule has 44 valence electrons. The summed E-state index contributed by atoms with van der Waals surface area (Å²) in [6.45, 7) is 2.18. The van der Waals surface area contributed by atoms with Crippen LogP contribution >= 0.6 is 22.6 Å². The van der Waals surface area contributed by atoms with E-state index in [2.05, 4.69) is 29.5 Å². The van der Waals surface area contributed by atoms with E-state index in [4.69, 9.17) is 5.73 Å². The molecule has 0 saturated heterocycles. The van der Waals surface area contributed by atoms with Crippen LogP contribution in [0.1, 0.15) is 26.2 Å². The van der Waals surface area contributed by atoms with E-state index in [0.717, 1.165) is 6.42 Å². The van der Waals surface area contributed by atoms with Crippen molar-refractivity contribution in [2.24, 2.45) is 5.73 Å². The zero-order valence-corrected chi connectivity index (χ0v) is 6.81. The molecule has 0 aliphatic carbocycles. The van der Waals surface area contributed by atoms with Crippen molar-refractivity contribution in [3.8, 4) is 0 Å². The largest absolute Gasteiger partial charge is 0.320 e. The van der Waals surface area contributed by atoms with Gasteiger partial charge in [0.05, 0.1) is 4.05 Å². The van der Waals surface area contributed by atoms with Gasteiger partial charge in [0.2, 0.25) is 0 Å². The molecule has 2 heteroatoms. The molecular weight excluding hydrogens is 201 g/mol. The van der Waals surface area contributed by atoms with Gasteiger partial charge in [0, 0.05) is 0 Å². The maximum Gasteiger partial charge on any atom is 0.0568 e. The third kappa shape index (κ3) is 6.69. The zero-order valence-electron chi connectivity index (χ0n) is 4.65. The lowest BCUT2D eigenvalue weighted by Gasteiger charge is -1.97. The smallest absolute Gasteiger partial charge is 0.0568 e. The molecule has 0 amide bonds. The van der Waals surface area contributed by atoms with Crippen LogP contribution in [0.3, 0.4) is 0 Å². The van der Waals surface area contributed by atoms with Crippen LogP contribution < -0.4 is 5.73 Å². The predicted octanol–water partition coefficient (Wildman–Crippen LogP) is 1.90. The Morgan fingerprint density at radius 3 is 2.43 bits per heavy atom. The average molecular weight is 213 g/mol. The van der Waals surface area contributed by atoms with E-state index < -0.39 is 0 Å². The highest BCUT2D eigenvalue weighted by Crippen LogP contribution is 2.02. The standard InChI is InChI=1S/C5H12IN/c1-2-3-4-5(6)7/h5H,2-4,7H2,1H3. The lowest BCUT2D eigenvalue weighted by atomic mass is 10.3. The summed E-state index contributed by atoms with van der Waals surface area (Å²) in [6, 6.07) is 0. The number of nitrogens with two attached hydrogens (primary N) is 1. The van der Waals surface area contributed by atoms with Crippen LogP contribution in [0, 0.1) is 0 Å². The van der Waals surface area contributed by atoms with Gasteiger partial charge in [-0.05, 0) is 6.42 Å². The van der Waals surface area contributed by atoms with Gasteiger partial charge in [0.15, 0.2) is 0 Å². The number of alkyl halides is 1. The number of hydrogen-bond acceptors (Lipinski definition) is 1. The van der Waals surface area contributed by atoms with Crippen LogP contribution in [0.15, 0.2) is 0 Å². The van der Waals surface area contributed by atoms with Crippen LogP contribution in [0.2, 0.25) is 0 Å². The summed E-state index contributed by atoms with van der Waals surface area (Å²) < 4.78 is 0.373. The predicted molar refractivity (Wildman–Crippen MR) is 41.5 cm³/mol. The van der Waals surface area contributed by atoms with Gasteiger partial charge in [0.1, 0.15) is 0 Å². The molecule has 1 nitrogen and oxygen atoms in total. The summed E-state index contributed by atoms with van der Waals surface area (Å²) >= 11 is 2.24. The van der Waals surface area contributed by atoms with Crippen molar-refractivity contribution in [3.05, 3.63) is 0 Å². The van der Waals surface area contributed by atoms with Crippen LogP contribution in [0.4, 0.5) is 0 Å². The van der Waals surface area contributed by atoms with Gasteiger partial charge in [-0.1, -0.05) is 42.4 Å². The van der Waals surface area contributed by atoms with Crippen molar-refractivity contribution in [2.75, 3.05) is 0 Å². The summed E-state index contributed by atoms with van der Waals surface area (Å²) in [4.78, 5) is 0. The minimum absolute atomic E-state index is 0.373. The number of hydrogen-bond donors (Lipinski definition) is 1. The minimum Gasteiger partial charge on any atom is -0.320 e. The Bertz CT molecular complexity index is 37.1. The van der Waals surface area contributed by atoms with Gasteiger partial charge in [0.25, 0.3) is 0 Å². The topological polar surface area (TPSA) is 26.0 Å². The summed E-state index contributed by atoms with van der Waals surface area (Å²) in [5.74, 6) is 0. The zero-order chi connectivity index (χ0) is 5.70. The summed E-state index contributed by atoms with van der Waals surface area (Å²) in [5.41, 5.74) is 5.47. The summed E-state index contributed by atoms with van der Waals surface area (Å²) in [5, 5.41) is 0. The Hall–Kier alpha value is 0.690. The first kappa shape index (κ1) is 7.69. The Balaban J connectivity index is 2.68. The second-order valence-corrected chi connectivity index (χ2v) is 3.26. The van der Waals surface area contributed by atoms with Gasteiger partial charge in [-0.25, -0.2) is 0 Å². The van der Waals surface area contributed by atoms with Crippen molar-refractivity contribution < 1.29 is 0 Å². The van der Waals surface area contributed by atoms with Crippen LogP contribution in [0.5, 0.6) is 0 Å². The summed E-state index contributed by atoms with van der Waals surface area (Å²) in [6.07, 6.45) is 3.69. The van der Waals surface area contributed by atoms with E-state index in [1.807, 2.05) is 0 Å². The first-order valence-electron chi connectivity index (χ1n) is 2.67. The molecule has 0 fully saturated rings. The van der Waals surface area contributed by atoms with Crippen LogP contribution in [-0.2, 0) is 0 Å². The lowest BCUT2D eigenvalue weighted by molar-refractivity contribution is 0.713. The fourth-order valence-corrected chi connectivity index (χ4v) is 0.840. The van der Waals surface area contributed by atoms with E-state index in [1.165, 1.54) is 12.8 Å². The van der Waals surface area contributed by atoms with E-state index >= 15 is 0 Å². The van der Waals surface area contributed by atoms with Gasteiger partial charge >= 0.3 is 0 Å². The first-order valence-corrected chi connectivity index (χ1v) is 3.91. The molecule has 0 spiro atoms. The Morgan fingerprint density at radius 2 is 2.29 bits per heavy atom. The fraction of sp³-hybridized carbons (Fsp3) is 1.00. The molecule has 0 rings (SSSR count). The Labute approximate surface area is 58.8 Å². The first-order chi connectivity index (χ1) is 3.27. The highest BCUT2D eigenvalue weighted by atomic mass is 127. The van der Waals surface area contributed by atoms with E-state index in [1.54, 1.807) is 0 Å². The molecular formula is C5H12IN. The quantitative estimate of drug-likeness (QED) is 0.432. The molecule has 0 saturated carbocycles. The van der Waals surface area contributed by atoms with Crippen molar-refractivity contribution in [1.29, 1.82) is 0 Å². The molecule has 0 aliphatic heterocycles. The number of halogens is 1. The van der Waals surface area contributed by atoms with Crippen molar-refractivity contribution in [3.63, 3.8) is 0 Å². The number of unbranched alkanes of at least 4 members (excludes halogenated alkanes) is 1. The third-order valence-electron chi connectivity index (χ3n) is 0.833. The lowest BCUT2D eigenvalue weighted by Crippen LogP contribution is -2.09. The second-order valence-electron chi connectivity index (χ2n) is 1.66. The molecule has 0 bridgehead atoms. The highest BCUT2D eigenvalue weighted by molar-refractivity contribution is 14.1. The maximum atomic E-state index is 5.47. The van der Waals surface area contributed by atoms with Crippen molar-refractivity contribution in [1.82, 2.24) is 0 Å². The molecule has 0 aromatic heterocycles. The van der Waals surface area contributed by atoms with Crippen molar-refractivity contribution >= 4 is 22.6 Å². The van der Waals surface area contributed by atoms with Gasteiger partial charge in [-0.2, -0.15) is 0 Å². The van der Waals surface area contributed by atoms with E-state index in [0.29, 0.717) is 4.05 Å².